The van der Waals surface area contributed by atoms with Gasteiger partial charge in [-0.1, -0.05) is 18.2 Å². The van der Waals surface area contributed by atoms with Crippen LogP contribution in [-0.2, 0) is 10.9 Å². The third kappa shape index (κ3) is 4.03. The highest BCUT2D eigenvalue weighted by Gasteiger charge is 2.22. The Labute approximate surface area is 132 Å². The van der Waals surface area contributed by atoms with Gasteiger partial charge in [0.1, 0.15) is 5.84 Å². The Balaban J connectivity index is 2.07. The SMILES string of the molecule is CCOP(O)CCN(C)/N=C1\CCc2c(C(=N)N)cccc21. The molecule has 0 spiro atoms. The first-order valence-electron chi connectivity index (χ1n) is 7.37. The Hall–Kier alpha value is -1.49. The van der Waals surface area contributed by atoms with Gasteiger partial charge in [0, 0.05) is 30.9 Å². The lowest BCUT2D eigenvalue weighted by Crippen LogP contribution is -2.18. The number of hydrogen-bond donors (Lipinski definition) is 3. The molecule has 0 fully saturated rings. The Kier molecular flexibility index (Phi) is 5.89. The van der Waals surface area contributed by atoms with Gasteiger partial charge in [-0.15, -0.1) is 0 Å². The van der Waals surface area contributed by atoms with Crippen LogP contribution in [0.3, 0.4) is 0 Å². The summed E-state index contributed by atoms with van der Waals surface area (Å²) in [5.41, 5.74) is 9.65. The standard InChI is InChI=1S/C15H23N4O2P/c1-3-21-22(20)10-9-19(2)18-14-8-7-11-12(14)5-4-6-13(11)15(16)17/h4-6,20H,3,7-10H2,1-2H3,(H3,16,17)/b18-14+. The van der Waals surface area contributed by atoms with Crippen molar-refractivity contribution in [2.45, 2.75) is 19.8 Å². The molecule has 120 valence electrons. The zero-order valence-electron chi connectivity index (χ0n) is 13.0. The minimum Gasteiger partial charge on any atom is -0.384 e. The second kappa shape index (κ2) is 7.68. The number of rotatable bonds is 7. The lowest BCUT2D eigenvalue weighted by molar-refractivity contribution is 0.317. The highest BCUT2D eigenvalue weighted by molar-refractivity contribution is 7.46. The first kappa shape index (κ1) is 16.9. The molecule has 7 heteroatoms. The maximum Gasteiger partial charge on any atom is 0.169 e. The fourth-order valence-electron chi connectivity index (χ4n) is 2.56. The molecule has 1 atom stereocenters. The van der Waals surface area contributed by atoms with E-state index in [1.54, 1.807) is 0 Å². The van der Waals surface area contributed by atoms with E-state index in [0.29, 0.717) is 19.3 Å². The molecule has 1 aliphatic rings. The van der Waals surface area contributed by atoms with Crippen molar-refractivity contribution in [2.24, 2.45) is 10.8 Å². The van der Waals surface area contributed by atoms with Crippen LogP contribution >= 0.6 is 8.38 Å². The molecule has 0 aromatic heterocycles. The number of nitrogens with one attached hydrogen (secondary N) is 1. The summed E-state index contributed by atoms with van der Waals surface area (Å²) in [5, 5.41) is 14.1. The molecular weight excluding hydrogens is 299 g/mol. The van der Waals surface area contributed by atoms with Gasteiger partial charge in [-0.2, -0.15) is 5.10 Å². The zero-order chi connectivity index (χ0) is 16.1. The molecule has 2 rings (SSSR count). The second-order valence-corrected chi connectivity index (χ2v) is 6.58. The summed E-state index contributed by atoms with van der Waals surface area (Å²) in [6.07, 6.45) is 2.30. The van der Waals surface area contributed by atoms with Crippen molar-refractivity contribution in [3.8, 4) is 0 Å². The number of nitrogens with zero attached hydrogens (tertiary/aromatic N) is 2. The molecular formula is C15H23N4O2P. The largest absolute Gasteiger partial charge is 0.384 e. The lowest BCUT2D eigenvalue weighted by Gasteiger charge is -2.16. The monoisotopic (exact) mass is 322 g/mol. The van der Waals surface area contributed by atoms with Crippen molar-refractivity contribution in [3.05, 3.63) is 34.9 Å². The van der Waals surface area contributed by atoms with Crippen molar-refractivity contribution < 1.29 is 9.42 Å². The van der Waals surface area contributed by atoms with Crippen molar-refractivity contribution in [1.29, 1.82) is 5.41 Å². The van der Waals surface area contributed by atoms with E-state index in [1.807, 2.05) is 37.2 Å². The van der Waals surface area contributed by atoms with Crippen LogP contribution in [0.15, 0.2) is 23.3 Å². The van der Waals surface area contributed by atoms with Crippen LogP contribution in [0, 0.1) is 5.41 Å². The van der Waals surface area contributed by atoms with Gasteiger partial charge in [0.15, 0.2) is 8.38 Å². The van der Waals surface area contributed by atoms with Gasteiger partial charge in [0.25, 0.3) is 0 Å². The first-order chi connectivity index (χ1) is 10.5. The molecule has 1 aliphatic carbocycles. The van der Waals surface area contributed by atoms with Crippen LogP contribution < -0.4 is 5.73 Å². The molecule has 4 N–H and O–H groups in total. The topological polar surface area (TPSA) is 94.9 Å². The summed E-state index contributed by atoms with van der Waals surface area (Å²) in [4.78, 5) is 9.64. The van der Waals surface area contributed by atoms with Crippen molar-refractivity contribution in [2.75, 3.05) is 26.4 Å². The van der Waals surface area contributed by atoms with Crippen molar-refractivity contribution >= 4 is 19.9 Å². The summed E-state index contributed by atoms with van der Waals surface area (Å²) in [5.74, 6) is 0.106. The van der Waals surface area contributed by atoms with Crippen LogP contribution in [0.25, 0.3) is 0 Å². The van der Waals surface area contributed by atoms with E-state index >= 15 is 0 Å². The van der Waals surface area contributed by atoms with Crippen LogP contribution in [0.2, 0.25) is 0 Å². The number of nitrogens with two attached hydrogens (primary N) is 1. The van der Waals surface area contributed by atoms with E-state index in [2.05, 4.69) is 5.10 Å². The number of hydrazone groups is 1. The molecule has 1 unspecified atom stereocenters. The lowest BCUT2D eigenvalue weighted by atomic mass is 10.0. The molecule has 1 aromatic rings. The zero-order valence-corrected chi connectivity index (χ0v) is 13.9. The van der Waals surface area contributed by atoms with E-state index in [9.17, 15) is 4.89 Å². The highest BCUT2D eigenvalue weighted by Crippen LogP contribution is 2.30. The highest BCUT2D eigenvalue weighted by atomic mass is 31.2. The fourth-order valence-corrected chi connectivity index (χ4v) is 3.45. The van der Waals surface area contributed by atoms with E-state index in [0.717, 1.165) is 35.2 Å². The molecule has 6 nitrogen and oxygen atoms in total. The Morgan fingerprint density at radius 2 is 2.27 bits per heavy atom. The Bertz CT molecular complexity index is 577. The number of hydrogen-bond acceptors (Lipinski definition) is 5. The minimum atomic E-state index is -1.35. The summed E-state index contributed by atoms with van der Waals surface area (Å²) in [6.45, 7) is 3.05. The van der Waals surface area contributed by atoms with E-state index in [4.69, 9.17) is 15.7 Å². The Morgan fingerprint density at radius 1 is 1.50 bits per heavy atom. The smallest absolute Gasteiger partial charge is 0.169 e. The Morgan fingerprint density at radius 3 is 2.95 bits per heavy atom. The predicted octanol–water partition coefficient (Wildman–Crippen LogP) is 1.89. The molecule has 22 heavy (non-hydrogen) atoms. The van der Waals surface area contributed by atoms with Gasteiger partial charge < -0.3 is 15.2 Å². The maximum absolute atomic E-state index is 9.64. The molecule has 0 aliphatic heterocycles. The molecule has 0 radical (unpaired) electrons. The third-order valence-corrected chi connectivity index (χ3v) is 4.71. The summed E-state index contributed by atoms with van der Waals surface area (Å²) in [6, 6.07) is 5.83. The average molecular weight is 322 g/mol. The van der Waals surface area contributed by atoms with Gasteiger partial charge in [-0.3, -0.25) is 10.4 Å². The molecule has 0 amide bonds. The quantitative estimate of drug-likeness (QED) is 0.309. The van der Waals surface area contributed by atoms with Crippen LogP contribution in [0.4, 0.5) is 0 Å². The number of fused-ring (bicyclic) bond motifs is 1. The van der Waals surface area contributed by atoms with Crippen molar-refractivity contribution in [1.82, 2.24) is 5.01 Å². The van der Waals surface area contributed by atoms with Gasteiger partial charge in [-0.05, 0) is 25.3 Å². The van der Waals surface area contributed by atoms with Crippen LogP contribution in [0.1, 0.15) is 30.0 Å². The number of benzene rings is 1. The molecule has 0 saturated heterocycles. The molecule has 0 saturated carbocycles. The third-order valence-electron chi connectivity index (χ3n) is 3.57. The maximum atomic E-state index is 9.64. The number of nitrogen functional groups attached to an aromatic ring is 1. The summed E-state index contributed by atoms with van der Waals surface area (Å²) >= 11 is 0. The van der Waals surface area contributed by atoms with Gasteiger partial charge in [-0.25, -0.2) is 0 Å². The van der Waals surface area contributed by atoms with E-state index < -0.39 is 8.38 Å². The van der Waals surface area contributed by atoms with Gasteiger partial charge in [0.2, 0.25) is 0 Å². The molecule has 1 aromatic carbocycles. The molecule has 0 heterocycles. The summed E-state index contributed by atoms with van der Waals surface area (Å²) < 4.78 is 5.17. The first-order valence-corrected chi connectivity index (χ1v) is 8.77. The normalized spacial score (nSPS) is 16.6. The predicted molar refractivity (Wildman–Crippen MR) is 90.6 cm³/mol. The van der Waals surface area contributed by atoms with E-state index in [-0.39, 0.29) is 5.84 Å². The summed E-state index contributed by atoms with van der Waals surface area (Å²) in [7, 11) is 0.545. The van der Waals surface area contributed by atoms with E-state index in [1.165, 1.54) is 0 Å². The van der Waals surface area contributed by atoms with Crippen molar-refractivity contribution in [3.63, 3.8) is 0 Å². The van der Waals surface area contributed by atoms with Gasteiger partial charge >= 0.3 is 0 Å². The van der Waals surface area contributed by atoms with Gasteiger partial charge in [0.05, 0.1) is 12.3 Å². The second-order valence-electron chi connectivity index (χ2n) is 5.17. The van der Waals surface area contributed by atoms with Crippen LogP contribution in [0.5, 0.6) is 0 Å². The molecule has 0 bridgehead atoms. The number of amidine groups is 1. The fraction of sp³-hybridized carbons (Fsp3) is 0.467. The average Bonchev–Trinajstić information content (AvgIpc) is 2.88. The minimum absolute atomic E-state index is 0.106. The van der Waals surface area contributed by atoms with Crippen LogP contribution in [-0.4, -0.2) is 47.8 Å².